The second-order valence-corrected chi connectivity index (χ2v) is 6.34. The van der Waals surface area contributed by atoms with E-state index in [-0.39, 0.29) is 5.91 Å². The van der Waals surface area contributed by atoms with Gasteiger partial charge in [-0.3, -0.25) is 4.79 Å². The molecule has 0 bridgehead atoms. The van der Waals surface area contributed by atoms with Crippen molar-refractivity contribution in [2.24, 2.45) is 5.92 Å². The number of nitrogens with zero attached hydrogens (tertiary/aromatic N) is 1. The van der Waals surface area contributed by atoms with Crippen LogP contribution in [0.2, 0.25) is 0 Å². The number of likely N-dealkylation sites (tertiary alicyclic amines) is 1. The summed E-state index contributed by atoms with van der Waals surface area (Å²) in [6.45, 7) is 4.98. The fraction of sp³-hybridized carbons (Fsp3) is 0.615. The van der Waals surface area contributed by atoms with E-state index in [1.807, 2.05) is 6.92 Å². The predicted octanol–water partition coefficient (Wildman–Crippen LogP) is 1.71. The van der Waals surface area contributed by atoms with Gasteiger partial charge in [-0.15, -0.1) is 11.3 Å². The van der Waals surface area contributed by atoms with Crippen LogP contribution in [0.3, 0.4) is 0 Å². The highest BCUT2D eigenvalue weighted by molar-refractivity contribution is 7.14. The number of amides is 1. The Balaban J connectivity index is 1.81. The number of nitrogens with one attached hydrogen (secondary N) is 1. The van der Waals surface area contributed by atoms with E-state index in [1.54, 1.807) is 6.07 Å². The van der Waals surface area contributed by atoms with Crippen molar-refractivity contribution >= 4 is 22.9 Å². The van der Waals surface area contributed by atoms with E-state index in [4.69, 9.17) is 5.73 Å². The lowest BCUT2D eigenvalue weighted by Gasteiger charge is -2.28. The summed E-state index contributed by atoms with van der Waals surface area (Å²) < 4.78 is 0. The number of anilines is 1. The highest BCUT2D eigenvalue weighted by Gasteiger charge is 2.18. The summed E-state index contributed by atoms with van der Waals surface area (Å²) in [4.78, 5) is 16.0. The molecule has 0 aromatic carbocycles. The summed E-state index contributed by atoms with van der Waals surface area (Å²) in [5.74, 6) is 0.627. The number of hydrogen-bond donors (Lipinski definition) is 2. The van der Waals surface area contributed by atoms with Crippen LogP contribution in [0.4, 0.5) is 5.69 Å². The second kappa shape index (κ2) is 5.71. The first-order chi connectivity index (χ1) is 8.56. The number of piperidine rings is 1. The molecule has 1 amide bonds. The monoisotopic (exact) mass is 267 g/mol. The minimum atomic E-state index is 0.0127. The average molecular weight is 267 g/mol. The summed E-state index contributed by atoms with van der Waals surface area (Å²) in [7, 11) is 2.14. The van der Waals surface area contributed by atoms with Gasteiger partial charge >= 0.3 is 0 Å². The van der Waals surface area contributed by atoms with Crippen LogP contribution in [-0.4, -0.2) is 37.5 Å². The molecule has 5 heteroatoms. The lowest BCUT2D eigenvalue weighted by molar-refractivity contribution is 0.0943. The molecule has 0 spiro atoms. The molecule has 1 aliphatic heterocycles. The molecule has 3 N–H and O–H groups in total. The molecule has 0 aliphatic carbocycles. The average Bonchev–Trinajstić information content (AvgIpc) is 2.69. The van der Waals surface area contributed by atoms with Gasteiger partial charge in [0.1, 0.15) is 0 Å². The van der Waals surface area contributed by atoms with Crippen LogP contribution < -0.4 is 11.1 Å². The zero-order valence-corrected chi connectivity index (χ0v) is 11.8. The lowest BCUT2D eigenvalue weighted by atomic mass is 9.97. The van der Waals surface area contributed by atoms with Crippen molar-refractivity contribution in [1.29, 1.82) is 0 Å². The number of nitrogen functional groups attached to an aromatic ring is 1. The van der Waals surface area contributed by atoms with Crippen molar-refractivity contribution in [3.63, 3.8) is 0 Å². The molecule has 1 aromatic heterocycles. The van der Waals surface area contributed by atoms with Gasteiger partial charge in [0.25, 0.3) is 5.91 Å². The zero-order chi connectivity index (χ0) is 13.1. The summed E-state index contributed by atoms with van der Waals surface area (Å²) in [5, 5.41) is 3.02. The third-order valence-corrected chi connectivity index (χ3v) is 4.63. The Kier molecular flexibility index (Phi) is 4.24. The SMILES string of the molecule is Cc1sc(C(=O)NCC2CCN(C)CC2)cc1N. The van der Waals surface area contributed by atoms with Crippen molar-refractivity contribution in [1.82, 2.24) is 10.2 Å². The van der Waals surface area contributed by atoms with Crippen molar-refractivity contribution in [3.05, 3.63) is 15.8 Å². The molecule has 18 heavy (non-hydrogen) atoms. The van der Waals surface area contributed by atoms with Gasteiger partial charge in [0.2, 0.25) is 0 Å². The van der Waals surface area contributed by atoms with Gasteiger partial charge < -0.3 is 16.0 Å². The van der Waals surface area contributed by atoms with E-state index in [0.29, 0.717) is 11.6 Å². The minimum Gasteiger partial charge on any atom is -0.398 e. The van der Waals surface area contributed by atoms with E-state index < -0.39 is 0 Å². The van der Waals surface area contributed by atoms with Crippen LogP contribution in [-0.2, 0) is 0 Å². The molecule has 2 heterocycles. The van der Waals surface area contributed by atoms with Gasteiger partial charge in [-0.05, 0) is 51.9 Å². The minimum absolute atomic E-state index is 0.0127. The van der Waals surface area contributed by atoms with E-state index in [9.17, 15) is 4.79 Å². The number of carbonyl (C=O) groups is 1. The summed E-state index contributed by atoms with van der Waals surface area (Å²) in [6.07, 6.45) is 2.34. The molecule has 0 radical (unpaired) electrons. The van der Waals surface area contributed by atoms with Gasteiger partial charge in [-0.25, -0.2) is 0 Å². The molecule has 1 saturated heterocycles. The Morgan fingerprint density at radius 1 is 1.56 bits per heavy atom. The molecule has 1 fully saturated rings. The Hall–Kier alpha value is -1.07. The van der Waals surface area contributed by atoms with Crippen LogP contribution in [0.25, 0.3) is 0 Å². The van der Waals surface area contributed by atoms with Crippen molar-refractivity contribution in [2.75, 3.05) is 32.4 Å². The third kappa shape index (κ3) is 3.23. The Labute approximate surface area is 112 Å². The van der Waals surface area contributed by atoms with Gasteiger partial charge in [0, 0.05) is 17.1 Å². The first kappa shape index (κ1) is 13.4. The molecule has 2 rings (SSSR count). The quantitative estimate of drug-likeness (QED) is 0.876. The molecule has 100 valence electrons. The Bertz CT molecular complexity index is 402. The Morgan fingerprint density at radius 2 is 2.22 bits per heavy atom. The van der Waals surface area contributed by atoms with E-state index in [0.717, 1.165) is 29.4 Å². The number of aryl methyl sites for hydroxylation is 1. The number of rotatable bonds is 3. The molecular weight excluding hydrogens is 246 g/mol. The molecule has 0 atom stereocenters. The third-order valence-electron chi connectivity index (χ3n) is 3.57. The maximum absolute atomic E-state index is 12.0. The number of thiophene rings is 1. The first-order valence-corrected chi connectivity index (χ1v) is 7.20. The standard InChI is InChI=1S/C13H21N3OS/c1-9-11(14)7-12(18-9)13(17)15-8-10-3-5-16(2)6-4-10/h7,10H,3-6,8,14H2,1-2H3,(H,15,17). The number of nitrogens with two attached hydrogens (primary N) is 1. The molecule has 4 nitrogen and oxygen atoms in total. The van der Waals surface area contributed by atoms with Crippen LogP contribution >= 0.6 is 11.3 Å². The van der Waals surface area contributed by atoms with E-state index >= 15 is 0 Å². The first-order valence-electron chi connectivity index (χ1n) is 6.39. The molecular formula is C13H21N3OS. The maximum Gasteiger partial charge on any atom is 0.261 e. The highest BCUT2D eigenvalue weighted by atomic mass is 32.1. The largest absolute Gasteiger partial charge is 0.398 e. The summed E-state index contributed by atoms with van der Waals surface area (Å²) >= 11 is 1.46. The van der Waals surface area contributed by atoms with Crippen LogP contribution in [0.15, 0.2) is 6.07 Å². The fourth-order valence-electron chi connectivity index (χ4n) is 2.20. The maximum atomic E-state index is 12.0. The second-order valence-electron chi connectivity index (χ2n) is 5.08. The smallest absolute Gasteiger partial charge is 0.261 e. The molecule has 0 unspecified atom stereocenters. The van der Waals surface area contributed by atoms with Gasteiger partial charge in [0.05, 0.1) is 4.88 Å². The highest BCUT2D eigenvalue weighted by Crippen LogP contribution is 2.23. The Morgan fingerprint density at radius 3 is 2.78 bits per heavy atom. The molecule has 1 aliphatic rings. The zero-order valence-electron chi connectivity index (χ0n) is 11.0. The van der Waals surface area contributed by atoms with Gasteiger partial charge in [-0.2, -0.15) is 0 Å². The van der Waals surface area contributed by atoms with Gasteiger partial charge in [0.15, 0.2) is 0 Å². The summed E-state index contributed by atoms with van der Waals surface area (Å²) in [5.41, 5.74) is 6.47. The van der Waals surface area contributed by atoms with Crippen LogP contribution in [0.5, 0.6) is 0 Å². The molecule has 1 aromatic rings. The van der Waals surface area contributed by atoms with Crippen molar-refractivity contribution in [2.45, 2.75) is 19.8 Å². The summed E-state index contributed by atoms with van der Waals surface area (Å²) in [6, 6.07) is 1.77. The lowest BCUT2D eigenvalue weighted by Crippen LogP contribution is -2.36. The van der Waals surface area contributed by atoms with E-state index in [1.165, 1.54) is 24.2 Å². The topological polar surface area (TPSA) is 58.4 Å². The molecule has 0 saturated carbocycles. The normalized spacial score (nSPS) is 17.9. The van der Waals surface area contributed by atoms with Gasteiger partial charge in [-0.1, -0.05) is 0 Å². The fourth-order valence-corrected chi connectivity index (χ4v) is 3.06. The predicted molar refractivity (Wildman–Crippen MR) is 76.0 cm³/mol. The van der Waals surface area contributed by atoms with Crippen LogP contribution in [0, 0.1) is 12.8 Å². The van der Waals surface area contributed by atoms with E-state index in [2.05, 4.69) is 17.3 Å². The number of hydrogen-bond acceptors (Lipinski definition) is 4. The van der Waals surface area contributed by atoms with Crippen LogP contribution in [0.1, 0.15) is 27.4 Å². The number of carbonyl (C=O) groups excluding carboxylic acids is 1. The van der Waals surface area contributed by atoms with Crippen molar-refractivity contribution in [3.8, 4) is 0 Å². The van der Waals surface area contributed by atoms with Crippen molar-refractivity contribution < 1.29 is 4.79 Å².